The first-order chi connectivity index (χ1) is 20.0. The Balaban J connectivity index is 1.30. The number of hydrogen-bond donors (Lipinski definition) is 3. The highest BCUT2D eigenvalue weighted by atomic mass is 16.5. The fraction of sp³-hybridized carbons (Fsp3) is 0.344. The van der Waals surface area contributed by atoms with E-state index >= 15 is 0 Å². The number of carboxylic acid groups (broad SMARTS) is 1. The highest BCUT2D eigenvalue weighted by Gasteiger charge is 2.14. The molecule has 9 nitrogen and oxygen atoms in total. The lowest BCUT2D eigenvalue weighted by Gasteiger charge is -2.26. The van der Waals surface area contributed by atoms with Crippen LogP contribution in [0.4, 0.5) is 11.5 Å². The quantitative estimate of drug-likeness (QED) is 0.210. The van der Waals surface area contributed by atoms with E-state index in [1.54, 1.807) is 12.4 Å². The molecule has 5 rings (SSSR count). The first kappa shape index (κ1) is 28.5. The second kappa shape index (κ2) is 13.5. The Kier molecular flexibility index (Phi) is 9.40. The number of aliphatic carboxylic acids is 1. The second-order valence-corrected chi connectivity index (χ2v) is 10.3. The van der Waals surface area contributed by atoms with E-state index in [0.717, 1.165) is 89.4 Å². The van der Waals surface area contributed by atoms with E-state index in [2.05, 4.69) is 57.5 Å². The van der Waals surface area contributed by atoms with Crippen molar-refractivity contribution in [2.24, 2.45) is 0 Å². The van der Waals surface area contributed by atoms with E-state index < -0.39 is 5.97 Å². The smallest absolute Gasteiger partial charge is 0.317 e. The van der Waals surface area contributed by atoms with Gasteiger partial charge in [0.05, 0.1) is 26.4 Å². The number of fused-ring (bicyclic) bond motifs is 1. The molecule has 2 aromatic heterocycles. The van der Waals surface area contributed by atoms with Gasteiger partial charge in [0.15, 0.2) is 5.82 Å². The Morgan fingerprint density at radius 3 is 2.63 bits per heavy atom. The number of rotatable bonds is 12. The summed E-state index contributed by atoms with van der Waals surface area (Å²) in [4.78, 5) is 22.4. The summed E-state index contributed by atoms with van der Waals surface area (Å²) in [6.45, 7) is 9.88. The maximum Gasteiger partial charge on any atom is 0.317 e. The van der Waals surface area contributed by atoms with Crippen molar-refractivity contribution >= 4 is 28.4 Å². The van der Waals surface area contributed by atoms with Crippen molar-refractivity contribution in [3.63, 3.8) is 0 Å². The molecule has 0 amide bonds. The maximum atomic E-state index is 10.8. The minimum atomic E-state index is -0.888. The van der Waals surface area contributed by atoms with Crippen LogP contribution in [0.5, 0.6) is 5.75 Å². The third-order valence-electron chi connectivity index (χ3n) is 7.40. The molecule has 3 heterocycles. The summed E-state index contributed by atoms with van der Waals surface area (Å²) in [5, 5.41) is 16.2. The van der Waals surface area contributed by atoms with Crippen LogP contribution in [0.15, 0.2) is 60.9 Å². The molecule has 0 bridgehead atoms. The summed E-state index contributed by atoms with van der Waals surface area (Å²) in [5.41, 5.74) is 7.11. The number of anilines is 2. The van der Waals surface area contributed by atoms with Crippen LogP contribution in [0.3, 0.4) is 0 Å². The summed E-state index contributed by atoms with van der Waals surface area (Å²) in [5.74, 6) is 0.693. The van der Waals surface area contributed by atoms with E-state index in [1.807, 2.05) is 30.3 Å². The zero-order chi connectivity index (χ0) is 28.6. The molecule has 214 valence electrons. The van der Waals surface area contributed by atoms with Crippen LogP contribution in [0.25, 0.3) is 22.0 Å². The molecular formula is C32H37N5O4. The molecule has 41 heavy (non-hydrogen) atoms. The van der Waals surface area contributed by atoms with Crippen LogP contribution >= 0.6 is 0 Å². The lowest BCUT2D eigenvalue weighted by atomic mass is 9.95. The average molecular weight is 556 g/mol. The molecular weight excluding hydrogens is 518 g/mol. The van der Waals surface area contributed by atoms with Crippen LogP contribution in [0, 0.1) is 13.8 Å². The lowest BCUT2D eigenvalue weighted by Crippen LogP contribution is -2.37. The minimum Gasteiger partial charge on any atom is -0.493 e. The van der Waals surface area contributed by atoms with Crippen LogP contribution in [-0.4, -0.2) is 71.9 Å². The van der Waals surface area contributed by atoms with Crippen molar-refractivity contribution in [1.82, 2.24) is 20.2 Å². The van der Waals surface area contributed by atoms with Crippen LogP contribution in [0.1, 0.15) is 23.1 Å². The van der Waals surface area contributed by atoms with Gasteiger partial charge in [0.25, 0.3) is 0 Å². The van der Waals surface area contributed by atoms with Crippen LogP contribution < -0.4 is 15.4 Å². The molecule has 0 unspecified atom stereocenters. The normalized spacial score (nSPS) is 13.8. The molecule has 0 atom stereocenters. The monoisotopic (exact) mass is 555 g/mol. The van der Waals surface area contributed by atoms with E-state index in [4.69, 9.17) is 14.6 Å². The van der Waals surface area contributed by atoms with Gasteiger partial charge in [-0.05, 0) is 72.4 Å². The molecule has 2 aromatic carbocycles. The third-order valence-corrected chi connectivity index (χ3v) is 7.40. The second-order valence-electron chi connectivity index (χ2n) is 10.3. The van der Waals surface area contributed by atoms with Gasteiger partial charge < -0.3 is 25.2 Å². The van der Waals surface area contributed by atoms with Crippen LogP contribution in [0.2, 0.25) is 0 Å². The third kappa shape index (κ3) is 7.18. The first-order valence-corrected chi connectivity index (χ1v) is 14.1. The summed E-state index contributed by atoms with van der Waals surface area (Å²) < 4.78 is 11.7. The minimum absolute atomic E-state index is 0.0970. The number of morpholine rings is 1. The number of benzene rings is 2. The molecule has 3 N–H and O–H groups in total. The molecule has 9 heteroatoms. The van der Waals surface area contributed by atoms with Gasteiger partial charge in [-0.2, -0.15) is 0 Å². The zero-order valence-corrected chi connectivity index (χ0v) is 23.7. The Morgan fingerprint density at radius 1 is 1.05 bits per heavy atom. The number of nitrogens with one attached hydrogen (secondary N) is 2. The summed E-state index contributed by atoms with van der Waals surface area (Å²) >= 11 is 0. The Bertz CT molecular complexity index is 1500. The van der Waals surface area contributed by atoms with E-state index in [1.165, 1.54) is 0 Å². The Labute approximate surface area is 240 Å². The van der Waals surface area contributed by atoms with Crippen molar-refractivity contribution in [3.8, 4) is 16.9 Å². The SMILES string of the molecule is Cc1c(Nc2nccc3cc(CNCC(=O)O)cnc23)cccc1-c1cccc(OCCCN2CCOCC2)c1C. The van der Waals surface area contributed by atoms with Crippen molar-refractivity contribution in [2.45, 2.75) is 26.8 Å². The molecule has 0 saturated carbocycles. The first-order valence-electron chi connectivity index (χ1n) is 14.1. The number of carbonyl (C=O) groups is 1. The predicted molar refractivity (Wildman–Crippen MR) is 161 cm³/mol. The van der Waals surface area contributed by atoms with Gasteiger partial charge in [-0.15, -0.1) is 0 Å². The highest BCUT2D eigenvalue weighted by Crippen LogP contribution is 2.36. The molecule has 0 radical (unpaired) electrons. The summed E-state index contributed by atoms with van der Waals surface area (Å²) in [7, 11) is 0. The molecule has 1 saturated heterocycles. The number of nitrogens with zero attached hydrogens (tertiary/aromatic N) is 3. The van der Waals surface area contributed by atoms with Gasteiger partial charge in [-0.3, -0.25) is 14.7 Å². The van der Waals surface area contributed by atoms with Gasteiger partial charge in [0, 0.05) is 49.6 Å². The van der Waals surface area contributed by atoms with Crippen molar-refractivity contribution in [3.05, 3.63) is 77.6 Å². The average Bonchev–Trinajstić information content (AvgIpc) is 2.98. The fourth-order valence-corrected chi connectivity index (χ4v) is 5.16. The number of hydrogen-bond acceptors (Lipinski definition) is 8. The Morgan fingerprint density at radius 2 is 1.83 bits per heavy atom. The topological polar surface area (TPSA) is 109 Å². The molecule has 0 spiro atoms. The van der Waals surface area contributed by atoms with Crippen LogP contribution in [-0.2, 0) is 16.1 Å². The molecule has 1 aliphatic rings. The number of carboxylic acids is 1. The van der Waals surface area contributed by atoms with E-state index in [0.29, 0.717) is 19.0 Å². The fourth-order valence-electron chi connectivity index (χ4n) is 5.16. The number of aromatic nitrogens is 2. The standard InChI is InChI=1S/C32H37N5O4/c1-22-26(27-7-4-9-29(23(27)2)41-15-5-12-37-13-16-40-17-14-37)6-3-8-28(22)36-32-31-25(10-11-34-32)18-24(20-35-31)19-33-21-30(38)39/h3-4,6-11,18,20,33H,5,12-17,19,21H2,1-2H3,(H,34,36)(H,38,39). The molecule has 4 aromatic rings. The van der Waals surface area contributed by atoms with Gasteiger partial charge in [-0.25, -0.2) is 4.98 Å². The zero-order valence-electron chi connectivity index (χ0n) is 23.7. The molecule has 1 aliphatic heterocycles. The van der Waals surface area contributed by atoms with Crippen molar-refractivity contribution in [2.75, 3.05) is 51.3 Å². The predicted octanol–water partition coefficient (Wildman–Crippen LogP) is 4.93. The van der Waals surface area contributed by atoms with Gasteiger partial charge >= 0.3 is 5.97 Å². The lowest BCUT2D eigenvalue weighted by molar-refractivity contribution is -0.136. The summed E-state index contributed by atoms with van der Waals surface area (Å²) in [6.07, 6.45) is 4.49. The van der Waals surface area contributed by atoms with Crippen molar-refractivity contribution in [1.29, 1.82) is 0 Å². The Hall–Kier alpha value is -4.05. The summed E-state index contributed by atoms with van der Waals surface area (Å²) in [6, 6.07) is 16.4. The largest absolute Gasteiger partial charge is 0.493 e. The van der Waals surface area contributed by atoms with E-state index in [9.17, 15) is 4.79 Å². The number of pyridine rings is 2. The van der Waals surface area contributed by atoms with Gasteiger partial charge in [0.1, 0.15) is 11.3 Å². The maximum absolute atomic E-state index is 10.8. The van der Waals surface area contributed by atoms with E-state index in [-0.39, 0.29) is 6.54 Å². The molecule has 1 fully saturated rings. The highest BCUT2D eigenvalue weighted by molar-refractivity contribution is 5.91. The number of ether oxygens (including phenoxy) is 2. The van der Waals surface area contributed by atoms with Crippen molar-refractivity contribution < 1.29 is 19.4 Å². The van der Waals surface area contributed by atoms with Gasteiger partial charge in [0.2, 0.25) is 0 Å². The van der Waals surface area contributed by atoms with Gasteiger partial charge in [-0.1, -0.05) is 24.3 Å². The molecule has 0 aliphatic carbocycles.